The molecule has 1 aliphatic rings. The van der Waals surface area contributed by atoms with Gasteiger partial charge in [-0.15, -0.1) is 5.10 Å². The molecule has 5 heteroatoms. The van der Waals surface area contributed by atoms with Gasteiger partial charge in [0.2, 0.25) is 0 Å². The Morgan fingerprint density at radius 1 is 1.44 bits per heavy atom. The van der Waals surface area contributed by atoms with E-state index in [0.29, 0.717) is 12.5 Å². The lowest BCUT2D eigenvalue weighted by atomic mass is 9.91. The average Bonchev–Trinajstić information content (AvgIpc) is 2.57. The molecule has 0 atom stereocenters. The van der Waals surface area contributed by atoms with Crippen LogP contribution in [-0.4, -0.2) is 39.3 Å². The summed E-state index contributed by atoms with van der Waals surface area (Å²) in [4.78, 5) is 3.61. The molecule has 1 aromatic rings. The molecule has 1 aromatic heterocycles. The smallest absolute Gasteiger partial charge is 0.0854 e. The maximum absolute atomic E-state index is 8.96. The highest BCUT2D eigenvalue weighted by Crippen LogP contribution is 2.28. The van der Waals surface area contributed by atoms with Gasteiger partial charge in [0.25, 0.3) is 0 Å². The number of hydrogen-bond acceptors (Lipinski definition) is 5. The molecule has 16 heavy (non-hydrogen) atoms. The van der Waals surface area contributed by atoms with Gasteiger partial charge in [-0.05, 0) is 11.5 Å². The summed E-state index contributed by atoms with van der Waals surface area (Å²) in [7, 11) is 0. The highest BCUT2D eigenvalue weighted by Gasteiger charge is 2.29. The second-order valence-electron chi connectivity index (χ2n) is 5.54. The second kappa shape index (κ2) is 4.39. The molecule has 1 aliphatic heterocycles. The topological polar surface area (TPSA) is 49.2 Å². The van der Waals surface area contributed by atoms with Crippen LogP contribution in [-0.2, 0) is 12.0 Å². The molecule has 0 aliphatic carbocycles. The van der Waals surface area contributed by atoms with Gasteiger partial charge in [0.1, 0.15) is 0 Å². The van der Waals surface area contributed by atoms with Crippen molar-refractivity contribution in [2.45, 2.75) is 32.7 Å². The average molecular weight is 241 g/mol. The Hall–Kier alpha value is -0.520. The van der Waals surface area contributed by atoms with Crippen LogP contribution in [0.4, 0.5) is 0 Å². The van der Waals surface area contributed by atoms with Crippen molar-refractivity contribution in [2.75, 3.05) is 19.7 Å². The number of hydrogen-bond donors (Lipinski definition) is 1. The lowest BCUT2D eigenvalue weighted by molar-refractivity contribution is 0.0483. The molecule has 0 saturated carbocycles. The first-order chi connectivity index (χ1) is 7.50. The molecule has 0 unspecified atom stereocenters. The molecule has 0 amide bonds. The van der Waals surface area contributed by atoms with Crippen molar-refractivity contribution in [2.24, 2.45) is 5.92 Å². The van der Waals surface area contributed by atoms with Crippen molar-refractivity contribution in [1.29, 1.82) is 0 Å². The summed E-state index contributed by atoms with van der Waals surface area (Å²) in [6, 6.07) is 0. The van der Waals surface area contributed by atoms with Gasteiger partial charge in [0, 0.05) is 37.6 Å². The zero-order chi connectivity index (χ0) is 11.8. The third-order valence-corrected chi connectivity index (χ3v) is 3.63. The lowest BCUT2D eigenvalue weighted by Crippen LogP contribution is -2.47. The Labute approximate surface area is 100 Å². The van der Waals surface area contributed by atoms with Gasteiger partial charge in [-0.3, -0.25) is 4.90 Å². The van der Waals surface area contributed by atoms with Crippen LogP contribution in [0.2, 0.25) is 0 Å². The molecule has 90 valence electrons. The standard InChI is InChI=1S/C11H19N3OS/c1-11(2,3)10-9(16-13-12-10)6-14-4-8(5-14)7-15/h8,15H,4-7H2,1-3H3. The summed E-state index contributed by atoms with van der Waals surface area (Å²) in [6.45, 7) is 9.74. The maximum atomic E-state index is 8.96. The van der Waals surface area contributed by atoms with E-state index in [4.69, 9.17) is 5.11 Å². The number of likely N-dealkylation sites (tertiary alicyclic amines) is 1. The Bertz CT molecular complexity index is 352. The van der Waals surface area contributed by atoms with Crippen molar-refractivity contribution in [3.8, 4) is 0 Å². The van der Waals surface area contributed by atoms with Gasteiger partial charge >= 0.3 is 0 Å². The van der Waals surface area contributed by atoms with Crippen LogP contribution in [0.15, 0.2) is 0 Å². The van der Waals surface area contributed by atoms with Crippen molar-refractivity contribution < 1.29 is 5.11 Å². The molecule has 0 spiro atoms. The van der Waals surface area contributed by atoms with Crippen molar-refractivity contribution in [1.82, 2.24) is 14.5 Å². The van der Waals surface area contributed by atoms with E-state index in [-0.39, 0.29) is 5.41 Å². The minimum Gasteiger partial charge on any atom is -0.396 e. The molecular weight excluding hydrogens is 222 g/mol. The first kappa shape index (κ1) is 12.0. The van der Waals surface area contributed by atoms with E-state index in [1.165, 1.54) is 16.4 Å². The van der Waals surface area contributed by atoms with Crippen molar-refractivity contribution in [3.63, 3.8) is 0 Å². The van der Waals surface area contributed by atoms with Crippen LogP contribution in [0, 0.1) is 5.92 Å². The van der Waals surface area contributed by atoms with Gasteiger partial charge in [-0.1, -0.05) is 25.3 Å². The fourth-order valence-electron chi connectivity index (χ4n) is 2.01. The summed E-state index contributed by atoms with van der Waals surface area (Å²) in [6.07, 6.45) is 0. The summed E-state index contributed by atoms with van der Waals surface area (Å²) in [5, 5.41) is 13.2. The van der Waals surface area contributed by atoms with Crippen molar-refractivity contribution >= 4 is 11.5 Å². The largest absolute Gasteiger partial charge is 0.396 e. The molecule has 1 saturated heterocycles. The Morgan fingerprint density at radius 3 is 2.69 bits per heavy atom. The number of nitrogens with zero attached hydrogens (tertiary/aromatic N) is 3. The Morgan fingerprint density at radius 2 is 2.12 bits per heavy atom. The molecule has 0 bridgehead atoms. The van der Waals surface area contributed by atoms with E-state index in [9.17, 15) is 0 Å². The van der Waals surface area contributed by atoms with Crippen LogP contribution < -0.4 is 0 Å². The van der Waals surface area contributed by atoms with Crippen molar-refractivity contribution in [3.05, 3.63) is 10.6 Å². The molecular formula is C11H19N3OS. The molecule has 0 aromatic carbocycles. The van der Waals surface area contributed by atoms with E-state index in [0.717, 1.165) is 25.3 Å². The van der Waals surface area contributed by atoms with E-state index >= 15 is 0 Å². The minimum absolute atomic E-state index is 0.0730. The third-order valence-electron chi connectivity index (χ3n) is 2.92. The summed E-state index contributed by atoms with van der Waals surface area (Å²) < 4.78 is 4.05. The normalized spacial score (nSPS) is 18.8. The van der Waals surface area contributed by atoms with E-state index in [1.807, 2.05) is 0 Å². The minimum atomic E-state index is 0.0730. The monoisotopic (exact) mass is 241 g/mol. The highest BCUT2D eigenvalue weighted by molar-refractivity contribution is 7.05. The number of aliphatic hydroxyl groups excluding tert-OH is 1. The highest BCUT2D eigenvalue weighted by atomic mass is 32.1. The lowest BCUT2D eigenvalue weighted by Gasteiger charge is -2.38. The molecule has 0 radical (unpaired) electrons. The van der Waals surface area contributed by atoms with Crippen LogP contribution in [0.5, 0.6) is 0 Å². The molecule has 1 N–H and O–H groups in total. The fraction of sp³-hybridized carbons (Fsp3) is 0.818. The van der Waals surface area contributed by atoms with Gasteiger partial charge < -0.3 is 5.11 Å². The molecule has 2 heterocycles. The van der Waals surface area contributed by atoms with Gasteiger partial charge in [0.15, 0.2) is 0 Å². The predicted octanol–water partition coefficient (Wildman–Crippen LogP) is 1.26. The Kier molecular flexibility index (Phi) is 3.28. The molecule has 1 fully saturated rings. The fourth-order valence-corrected chi connectivity index (χ4v) is 2.90. The van der Waals surface area contributed by atoms with Crippen LogP contribution in [0.25, 0.3) is 0 Å². The number of rotatable bonds is 3. The molecule has 2 rings (SSSR count). The van der Waals surface area contributed by atoms with Gasteiger partial charge in [-0.2, -0.15) is 0 Å². The zero-order valence-electron chi connectivity index (χ0n) is 10.1. The maximum Gasteiger partial charge on any atom is 0.0854 e. The summed E-state index contributed by atoms with van der Waals surface area (Å²) >= 11 is 1.50. The SMILES string of the molecule is CC(C)(C)c1nnsc1CN1CC(CO)C1. The number of aromatic nitrogens is 2. The van der Waals surface area contributed by atoms with Crippen LogP contribution in [0.3, 0.4) is 0 Å². The van der Waals surface area contributed by atoms with E-state index < -0.39 is 0 Å². The quantitative estimate of drug-likeness (QED) is 0.865. The number of aliphatic hydroxyl groups is 1. The Balaban J connectivity index is 1.98. The van der Waals surface area contributed by atoms with Crippen LogP contribution in [0.1, 0.15) is 31.3 Å². The first-order valence-electron chi connectivity index (χ1n) is 5.65. The predicted molar refractivity (Wildman–Crippen MR) is 64.5 cm³/mol. The van der Waals surface area contributed by atoms with E-state index in [2.05, 4.69) is 35.3 Å². The zero-order valence-corrected chi connectivity index (χ0v) is 10.9. The first-order valence-corrected chi connectivity index (χ1v) is 6.43. The molecule has 4 nitrogen and oxygen atoms in total. The summed E-state index contributed by atoms with van der Waals surface area (Å²) in [5.74, 6) is 0.471. The van der Waals surface area contributed by atoms with Gasteiger partial charge in [-0.25, -0.2) is 0 Å². The van der Waals surface area contributed by atoms with Gasteiger partial charge in [0.05, 0.1) is 10.6 Å². The van der Waals surface area contributed by atoms with Crippen LogP contribution >= 0.6 is 11.5 Å². The summed E-state index contributed by atoms with van der Waals surface area (Å²) in [5.41, 5.74) is 1.19. The van der Waals surface area contributed by atoms with E-state index in [1.54, 1.807) is 0 Å². The second-order valence-corrected chi connectivity index (χ2v) is 6.38. The third kappa shape index (κ3) is 2.42.